The highest BCUT2D eigenvalue weighted by atomic mass is 35.5. The molecule has 1 aliphatic rings. The van der Waals surface area contributed by atoms with E-state index in [-0.39, 0.29) is 11.9 Å². The number of carbonyl (C=O) groups excluding carboxylic acids is 1. The molecule has 6 heteroatoms. The van der Waals surface area contributed by atoms with E-state index in [1.165, 1.54) is 0 Å². The Morgan fingerprint density at radius 1 is 1.39 bits per heavy atom. The van der Waals surface area contributed by atoms with Gasteiger partial charge in [0, 0.05) is 31.1 Å². The van der Waals surface area contributed by atoms with Crippen molar-refractivity contribution in [2.75, 3.05) is 13.6 Å². The lowest BCUT2D eigenvalue weighted by molar-refractivity contribution is -0.121. The number of aliphatic imine (C=N–C) groups is 1. The first-order valence-corrected chi connectivity index (χ1v) is 8.49. The average molecular weight is 337 g/mol. The van der Waals surface area contributed by atoms with Crippen molar-refractivity contribution in [3.63, 3.8) is 0 Å². The quantitative estimate of drug-likeness (QED) is 0.407. The summed E-state index contributed by atoms with van der Waals surface area (Å²) in [7, 11) is 1.73. The maximum absolute atomic E-state index is 11.6. The highest BCUT2D eigenvalue weighted by molar-refractivity contribution is 6.31. The van der Waals surface area contributed by atoms with Crippen LogP contribution in [0.2, 0.25) is 5.02 Å². The molecular weight excluding hydrogens is 312 g/mol. The number of rotatable bonds is 7. The fourth-order valence-electron chi connectivity index (χ4n) is 2.29. The minimum Gasteiger partial charge on any atom is -0.356 e. The predicted octanol–water partition coefficient (Wildman–Crippen LogP) is 2.62. The van der Waals surface area contributed by atoms with Gasteiger partial charge in [0.15, 0.2) is 5.96 Å². The minimum absolute atomic E-state index is 0.0491. The molecule has 3 N–H and O–H groups in total. The van der Waals surface area contributed by atoms with Gasteiger partial charge >= 0.3 is 0 Å². The fraction of sp³-hybridized carbons (Fsp3) is 0.529. The SMILES string of the molecule is CN=C(NCCCC(=O)NC1CC1)NC(C)c1ccccc1Cl. The molecule has 0 saturated heterocycles. The zero-order valence-electron chi connectivity index (χ0n) is 13.7. The van der Waals surface area contributed by atoms with Gasteiger partial charge in [-0.25, -0.2) is 0 Å². The van der Waals surface area contributed by atoms with Crippen molar-refractivity contribution in [1.82, 2.24) is 16.0 Å². The van der Waals surface area contributed by atoms with Crippen molar-refractivity contribution in [1.29, 1.82) is 0 Å². The maximum Gasteiger partial charge on any atom is 0.220 e. The topological polar surface area (TPSA) is 65.5 Å². The first kappa shape index (κ1) is 17.6. The van der Waals surface area contributed by atoms with Gasteiger partial charge in [-0.2, -0.15) is 0 Å². The standard InChI is InChI=1S/C17H25ClN4O/c1-12(14-6-3-4-7-15(14)18)21-17(19-2)20-11-5-8-16(23)22-13-9-10-13/h3-4,6-7,12-13H,5,8-11H2,1-2H3,(H,22,23)(H2,19,20,21). The highest BCUT2D eigenvalue weighted by Gasteiger charge is 2.22. The number of hydrogen-bond donors (Lipinski definition) is 3. The largest absolute Gasteiger partial charge is 0.356 e. The van der Waals surface area contributed by atoms with Crippen LogP contribution in [0.25, 0.3) is 0 Å². The Morgan fingerprint density at radius 3 is 2.78 bits per heavy atom. The minimum atomic E-state index is 0.0491. The van der Waals surface area contributed by atoms with Crippen LogP contribution >= 0.6 is 11.6 Å². The van der Waals surface area contributed by atoms with Gasteiger partial charge in [0.1, 0.15) is 0 Å². The molecule has 2 rings (SSSR count). The average Bonchev–Trinajstić information content (AvgIpc) is 3.34. The van der Waals surface area contributed by atoms with Crippen LogP contribution in [0, 0.1) is 0 Å². The lowest BCUT2D eigenvalue weighted by Gasteiger charge is -2.19. The summed E-state index contributed by atoms with van der Waals surface area (Å²) < 4.78 is 0. The normalized spacial score (nSPS) is 15.9. The van der Waals surface area contributed by atoms with Crippen molar-refractivity contribution >= 4 is 23.5 Å². The first-order valence-electron chi connectivity index (χ1n) is 8.11. The van der Waals surface area contributed by atoms with Gasteiger partial charge in [-0.1, -0.05) is 29.8 Å². The summed E-state index contributed by atoms with van der Waals surface area (Å²) in [5, 5.41) is 10.3. The monoisotopic (exact) mass is 336 g/mol. The lowest BCUT2D eigenvalue weighted by Crippen LogP contribution is -2.39. The molecule has 1 amide bonds. The Labute approximate surface area is 142 Å². The van der Waals surface area contributed by atoms with Crippen molar-refractivity contribution < 1.29 is 4.79 Å². The molecule has 126 valence electrons. The lowest BCUT2D eigenvalue weighted by atomic mass is 10.1. The van der Waals surface area contributed by atoms with Crippen molar-refractivity contribution in [2.45, 2.75) is 44.7 Å². The second kappa shape index (κ2) is 8.77. The zero-order valence-corrected chi connectivity index (χ0v) is 14.5. The van der Waals surface area contributed by atoms with E-state index in [0.717, 1.165) is 29.8 Å². The molecule has 1 aromatic carbocycles. The second-order valence-corrected chi connectivity index (χ2v) is 6.24. The summed E-state index contributed by atoms with van der Waals surface area (Å²) in [5.41, 5.74) is 1.03. The van der Waals surface area contributed by atoms with Gasteiger partial charge < -0.3 is 16.0 Å². The summed E-state index contributed by atoms with van der Waals surface area (Å²) in [6.45, 7) is 2.74. The van der Waals surface area contributed by atoms with Gasteiger partial charge in [0.2, 0.25) is 5.91 Å². The van der Waals surface area contributed by atoms with Crippen LogP contribution in [0.15, 0.2) is 29.3 Å². The Bertz CT molecular complexity index is 557. The number of carbonyl (C=O) groups is 1. The number of nitrogens with one attached hydrogen (secondary N) is 3. The molecule has 5 nitrogen and oxygen atoms in total. The van der Waals surface area contributed by atoms with Crippen LogP contribution < -0.4 is 16.0 Å². The van der Waals surface area contributed by atoms with Crippen molar-refractivity contribution in [2.24, 2.45) is 4.99 Å². The Morgan fingerprint density at radius 2 is 2.13 bits per heavy atom. The third-order valence-corrected chi connectivity index (χ3v) is 4.11. The smallest absolute Gasteiger partial charge is 0.220 e. The van der Waals surface area contributed by atoms with Gasteiger partial charge in [-0.15, -0.1) is 0 Å². The molecule has 1 aliphatic carbocycles. The third kappa shape index (κ3) is 6.10. The van der Waals surface area contributed by atoms with Gasteiger partial charge in [0.05, 0.1) is 6.04 Å². The number of benzene rings is 1. The van der Waals surface area contributed by atoms with E-state index in [2.05, 4.69) is 20.9 Å². The Kier molecular flexibility index (Phi) is 6.71. The molecule has 0 heterocycles. The third-order valence-electron chi connectivity index (χ3n) is 3.76. The van der Waals surface area contributed by atoms with Crippen LogP contribution in [-0.4, -0.2) is 31.5 Å². The van der Waals surface area contributed by atoms with E-state index >= 15 is 0 Å². The number of amides is 1. The summed E-state index contributed by atoms with van der Waals surface area (Å²) in [6.07, 6.45) is 3.57. The van der Waals surface area contributed by atoms with E-state index in [1.807, 2.05) is 31.2 Å². The summed E-state index contributed by atoms with van der Waals surface area (Å²) >= 11 is 6.21. The molecule has 0 radical (unpaired) electrons. The molecular formula is C17H25ClN4O. The molecule has 1 unspecified atom stereocenters. The molecule has 0 spiro atoms. The molecule has 0 aliphatic heterocycles. The number of nitrogens with zero attached hydrogens (tertiary/aromatic N) is 1. The van der Waals surface area contributed by atoms with Gasteiger partial charge in [-0.3, -0.25) is 9.79 Å². The molecule has 0 bridgehead atoms. The predicted molar refractivity (Wildman–Crippen MR) is 94.8 cm³/mol. The van der Waals surface area contributed by atoms with E-state index < -0.39 is 0 Å². The number of hydrogen-bond acceptors (Lipinski definition) is 2. The summed E-state index contributed by atoms with van der Waals surface area (Å²) in [5.74, 6) is 0.849. The molecule has 1 aromatic rings. The molecule has 1 fully saturated rings. The van der Waals surface area contributed by atoms with Crippen LogP contribution in [0.4, 0.5) is 0 Å². The second-order valence-electron chi connectivity index (χ2n) is 5.83. The van der Waals surface area contributed by atoms with E-state index in [1.54, 1.807) is 7.05 Å². The highest BCUT2D eigenvalue weighted by Crippen LogP contribution is 2.22. The van der Waals surface area contributed by atoms with E-state index in [4.69, 9.17) is 11.6 Å². The van der Waals surface area contributed by atoms with Gasteiger partial charge in [-0.05, 0) is 37.8 Å². The molecule has 1 saturated carbocycles. The first-order chi connectivity index (χ1) is 11.1. The van der Waals surface area contributed by atoms with E-state index in [0.29, 0.717) is 25.0 Å². The van der Waals surface area contributed by atoms with Crippen molar-refractivity contribution in [3.05, 3.63) is 34.9 Å². The molecule has 0 aromatic heterocycles. The van der Waals surface area contributed by atoms with E-state index in [9.17, 15) is 4.79 Å². The fourth-order valence-corrected chi connectivity index (χ4v) is 2.59. The van der Waals surface area contributed by atoms with Crippen LogP contribution in [0.3, 0.4) is 0 Å². The number of guanidine groups is 1. The zero-order chi connectivity index (χ0) is 16.7. The van der Waals surface area contributed by atoms with Crippen LogP contribution in [0.5, 0.6) is 0 Å². The summed E-state index contributed by atoms with van der Waals surface area (Å²) in [4.78, 5) is 15.8. The van der Waals surface area contributed by atoms with Gasteiger partial charge in [0.25, 0.3) is 0 Å². The summed E-state index contributed by atoms with van der Waals surface area (Å²) in [6, 6.07) is 8.24. The maximum atomic E-state index is 11.6. The van der Waals surface area contributed by atoms with Crippen LogP contribution in [-0.2, 0) is 4.79 Å². The molecule has 23 heavy (non-hydrogen) atoms. The Balaban J connectivity index is 1.70. The van der Waals surface area contributed by atoms with Crippen molar-refractivity contribution in [3.8, 4) is 0 Å². The van der Waals surface area contributed by atoms with Crippen LogP contribution in [0.1, 0.15) is 44.2 Å². The number of halogens is 1. The Hall–Kier alpha value is -1.75. The molecule has 1 atom stereocenters.